The van der Waals surface area contributed by atoms with Crippen LogP contribution in [-0.4, -0.2) is 40.5 Å². The topological polar surface area (TPSA) is 69.6 Å². The number of nitrogens with zero attached hydrogens (tertiary/aromatic N) is 1. The van der Waals surface area contributed by atoms with Crippen LogP contribution in [0.25, 0.3) is 0 Å². The number of aryl methyl sites for hydroxylation is 1. The van der Waals surface area contributed by atoms with Crippen LogP contribution in [-0.2, 0) is 16.0 Å². The van der Waals surface area contributed by atoms with E-state index in [1.807, 2.05) is 19.1 Å². The smallest absolute Gasteiger partial charge is 0.243 e. The standard InChI is InChI=1S/C17H24N2O3/c1-4-13-5-7-14(8-6-13)11(2)18-17(22)16-9-15(21)10-19(16)12(3)20/h5-8,11,15-16,21H,4,9-10H2,1-3H3,(H,18,22)/t11?,15-,16-/m1/s1. The number of aliphatic hydroxyl groups excluding tert-OH is 1. The molecule has 5 nitrogen and oxygen atoms in total. The Morgan fingerprint density at radius 1 is 1.36 bits per heavy atom. The van der Waals surface area contributed by atoms with Gasteiger partial charge in [0.05, 0.1) is 12.1 Å². The molecular formula is C17H24N2O3. The van der Waals surface area contributed by atoms with Gasteiger partial charge in [0.25, 0.3) is 0 Å². The van der Waals surface area contributed by atoms with Crippen LogP contribution in [0.4, 0.5) is 0 Å². The van der Waals surface area contributed by atoms with Crippen LogP contribution in [0.15, 0.2) is 24.3 Å². The van der Waals surface area contributed by atoms with E-state index in [4.69, 9.17) is 0 Å². The summed E-state index contributed by atoms with van der Waals surface area (Å²) in [7, 11) is 0. The second-order valence-corrected chi connectivity index (χ2v) is 5.90. The number of aliphatic hydroxyl groups is 1. The van der Waals surface area contributed by atoms with Crippen LogP contribution in [0.2, 0.25) is 0 Å². The Hall–Kier alpha value is -1.88. The van der Waals surface area contributed by atoms with E-state index in [1.54, 1.807) is 0 Å². The van der Waals surface area contributed by atoms with E-state index in [2.05, 4.69) is 24.4 Å². The second-order valence-electron chi connectivity index (χ2n) is 5.90. The van der Waals surface area contributed by atoms with Crippen LogP contribution in [0, 0.1) is 0 Å². The minimum absolute atomic E-state index is 0.134. The van der Waals surface area contributed by atoms with Crippen molar-refractivity contribution in [3.63, 3.8) is 0 Å². The summed E-state index contributed by atoms with van der Waals surface area (Å²) >= 11 is 0. The Bertz CT molecular complexity index is 541. The summed E-state index contributed by atoms with van der Waals surface area (Å²) < 4.78 is 0. The van der Waals surface area contributed by atoms with E-state index in [0.29, 0.717) is 6.42 Å². The Morgan fingerprint density at radius 2 is 2.00 bits per heavy atom. The molecule has 1 aliphatic rings. The van der Waals surface area contributed by atoms with E-state index >= 15 is 0 Å². The molecule has 1 aliphatic heterocycles. The number of hydrogen-bond acceptors (Lipinski definition) is 3. The first kappa shape index (κ1) is 16.5. The molecule has 0 saturated carbocycles. The van der Waals surface area contributed by atoms with Crippen LogP contribution in [0.5, 0.6) is 0 Å². The number of rotatable bonds is 4. The summed E-state index contributed by atoms with van der Waals surface area (Å²) in [4.78, 5) is 25.4. The molecule has 2 rings (SSSR count). The van der Waals surface area contributed by atoms with E-state index < -0.39 is 12.1 Å². The highest BCUT2D eigenvalue weighted by atomic mass is 16.3. The third-order valence-electron chi connectivity index (χ3n) is 4.23. The second kappa shape index (κ2) is 6.92. The monoisotopic (exact) mass is 304 g/mol. The summed E-state index contributed by atoms with van der Waals surface area (Å²) in [6, 6.07) is 7.42. The number of β-amino-alcohol motifs (C(OH)–C–C–N with tert-alkyl or cyclic N) is 1. The van der Waals surface area contributed by atoms with Crippen molar-refractivity contribution in [2.24, 2.45) is 0 Å². The summed E-state index contributed by atoms with van der Waals surface area (Å²) in [6.45, 7) is 5.67. The fourth-order valence-electron chi connectivity index (χ4n) is 2.85. The summed E-state index contributed by atoms with van der Waals surface area (Å²) in [5.41, 5.74) is 2.28. The van der Waals surface area contributed by atoms with Crippen molar-refractivity contribution in [2.45, 2.75) is 51.8 Å². The van der Waals surface area contributed by atoms with Crippen molar-refractivity contribution in [2.75, 3.05) is 6.54 Å². The maximum Gasteiger partial charge on any atom is 0.243 e. The molecule has 1 fully saturated rings. The number of carbonyl (C=O) groups is 2. The van der Waals surface area contributed by atoms with Gasteiger partial charge in [-0.1, -0.05) is 31.2 Å². The van der Waals surface area contributed by atoms with Gasteiger partial charge in [0.2, 0.25) is 11.8 Å². The van der Waals surface area contributed by atoms with Gasteiger partial charge in [0, 0.05) is 19.9 Å². The minimum Gasteiger partial charge on any atom is -0.391 e. The molecule has 1 heterocycles. The molecule has 1 aromatic carbocycles. The van der Waals surface area contributed by atoms with Gasteiger partial charge < -0.3 is 15.3 Å². The molecular weight excluding hydrogens is 280 g/mol. The summed E-state index contributed by atoms with van der Waals surface area (Å²) in [6.07, 6.45) is 0.653. The Morgan fingerprint density at radius 3 is 2.55 bits per heavy atom. The Labute approximate surface area is 131 Å². The lowest BCUT2D eigenvalue weighted by molar-refractivity contribution is -0.137. The van der Waals surface area contributed by atoms with Gasteiger partial charge in [-0.15, -0.1) is 0 Å². The zero-order chi connectivity index (χ0) is 16.3. The number of likely N-dealkylation sites (tertiary alicyclic amines) is 1. The third kappa shape index (κ3) is 3.65. The first-order valence-corrected chi connectivity index (χ1v) is 7.76. The van der Waals surface area contributed by atoms with Gasteiger partial charge in [-0.05, 0) is 24.5 Å². The molecule has 5 heteroatoms. The quantitative estimate of drug-likeness (QED) is 0.883. The van der Waals surface area contributed by atoms with Crippen LogP contribution in [0.1, 0.15) is 44.4 Å². The third-order valence-corrected chi connectivity index (χ3v) is 4.23. The van der Waals surface area contributed by atoms with E-state index in [1.165, 1.54) is 17.4 Å². The zero-order valence-corrected chi connectivity index (χ0v) is 13.4. The number of nitrogens with one attached hydrogen (secondary N) is 1. The predicted molar refractivity (Wildman–Crippen MR) is 84.2 cm³/mol. The molecule has 0 aromatic heterocycles. The lowest BCUT2D eigenvalue weighted by Gasteiger charge is -2.24. The molecule has 2 amide bonds. The van der Waals surface area contributed by atoms with Crippen molar-refractivity contribution in [3.05, 3.63) is 35.4 Å². The van der Waals surface area contributed by atoms with Gasteiger partial charge in [-0.3, -0.25) is 9.59 Å². The predicted octanol–water partition coefficient (Wildman–Crippen LogP) is 1.41. The maximum atomic E-state index is 12.4. The number of hydrogen-bond donors (Lipinski definition) is 2. The number of carbonyl (C=O) groups excluding carboxylic acids is 2. The van der Waals surface area contributed by atoms with E-state index in [0.717, 1.165) is 12.0 Å². The lowest BCUT2D eigenvalue weighted by Crippen LogP contribution is -2.45. The van der Waals surface area contributed by atoms with Crippen molar-refractivity contribution in [3.8, 4) is 0 Å². The van der Waals surface area contributed by atoms with Crippen LogP contribution < -0.4 is 5.32 Å². The molecule has 0 bridgehead atoms. The number of benzene rings is 1. The summed E-state index contributed by atoms with van der Waals surface area (Å²) in [5.74, 6) is -0.393. The Kier molecular flexibility index (Phi) is 5.19. The molecule has 0 aliphatic carbocycles. The largest absolute Gasteiger partial charge is 0.391 e. The molecule has 22 heavy (non-hydrogen) atoms. The molecule has 1 aromatic rings. The van der Waals surface area contributed by atoms with Gasteiger partial charge in [0.1, 0.15) is 6.04 Å². The van der Waals surface area contributed by atoms with E-state index in [9.17, 15) is 14.7 Å². The first-order valence-electron chi connectivity index (χ1n) is 7.76. The minimum atomic E-state index is -0.626. The maximum absolute atomic E-state index is 12.4. The van der Waals surface area contributed by atoms with Crippen molar-refractivity contribution in [1.82, 2.24) is 10.2 Å². The van der Waals surface area contributed by atoms with Gasteiger partial charge in [-0.2, -0.15) is 0 Å². The average Bonchev–Trinajstić information content (AvgIpc) is 2.89. The SMILES string of the molecule is CCc1ccc(C(C)NC(=O)[C@H]2C[C@@H](O)CN2C(C)=O)cc1. The van der Waals surface area contributed by atoms with Gasteiger partial charge >= 0.3 is 0 Å². The molecule has 3 atom stereocenters. The van der Waals surface area contributed by atoms with Crippen LogP contribution >= 0.6 is 0 Å². The first-order chi connectivity index (χ1) is 10.4. The van der Waals surface area contributed by atoms with Crippen molar-refractivity contribution in [1.29, 1.82) is 0 Å². The highest BCUT2D eigenvalue weighted by Gasteiger charge is 2.37. The van der Waals surface area contributed by atoms with Crippen molar-refractivity contribution < 1.29 is 14.7 Å². The highest BCUT2D eigenvalue weighted by molar-refractivity contribution is 5.87. The van der Waals surface area contributed by atoms with Crippen molar-refractivity contribution >= 4 is 11.8 Å². The molecule has 0 spiro atoms. The zero-order valence-electron chi connectivity index (χ0n) is 13.4. The lowest BCUT2D eigenvalue weighted by atomic mass is 10.0. The average molecular weight is 304 g/mol. The normalized spacial score (nSPS) is 22.5. The van der Waals surface area contributed by atoms with E-state index in [-0.39, 0.29) is 24.4 Å². The summed E-state index contributed by atoms with van der Waals surface area (Å²) in [5, 5.41) is 12.6. The number of amides is 2. The Balaban J connectivity index is 2.02. The fourth-order valence-corrected chi connectivity index (χ4v) is 2.85. The molecule has 0 radical (unpaired) electrons. The van der Waals surface area contributed by atoms with Gasteiger partial charge in [-0.25, -0.2) is 0 Å². The highest BCUT2D eigenvalue weighted by Crippen LogP contribution is 2.20. The fraction of sp³-hybridized carbons (Fsp3) is 0.529. The molecule has 1 saturated heterocycles. The molecule has 2 N–H and O–H groups in total. The molecule has 1 unspecified atom stereocenters. The molecule has 120 valence electrons. The van der Waals surface area contributed by atoms with Gasteiger partial charge in [0.15, 0.2) is 0 Å². The van der Waals surface area contributed by atoms with Crippen LogP contribution in [0.3, 0.4) is 0 Å².